The predicted octanol–water partition coefficient (Wildman–Crippen LogP) is 1.42. The first-order valence-corrected chi connectivity index (χ1v) is 7.52. The molecule has 0 fully saturated rings. The molecule has 0 saturated carbocycles. The first-order valence-electron chi connectivity index (χ1n) is 5.91. The molecule has 0 bridgehead atoms. The van der Waals surface area contributed by atoms with Gasteiger partial charge in [0.2, 0.25) is 10.0 Å². The highest BCUT2D eigenvalue weighted by molar-refractivity contribution is 7.89. The van der Waals surface area contributed by atoms with Crippen LogP contribution >= 0.6 is 0 Å². The van der Waals surface area contributed by atoms with Gasteiger partial charge in [0.25, 0.3) is 0 Å². The van der Waals surface area contributed by atoms with E-state index < -0.39 is 10.0 Å². The lowest BCUT2D eigenvalue weighted by Crippen LogP contribution is -2.38. The SMILES string of the molecule is CCCN(CCCN)S(=O)(=O)CC(C)(C)C. The summed E-state index contributed by atoms with van der Waals surface area (Å²) >= 11 is 0. The Hall–Kier alpha value is -0.130. The maximum Gasteiger partial charge on any atom is 0.214 e. The minimum Gasteiger partial charge on any atom is -0.330 e. The fraction of sp³-hybridized carbons (Fsp3) is 1.00. The molecule has 5 heteroatoms. The summed E-state index contributed by atoms with van der Waals surface area (Å²) in [5.41, 5.74) is 5.22. The Morgan fingerprint density at radius 3 is 2.12 bits per heavy atom. The van der Waals surface area contributed by atoms with Crippen LogP contribution < -0.4 is 5.73 Å². The number of hydrogen-bond acceptors (Lipinski definition) is 3. The molecule has 0 radical (unpaired) electrons. The summed E-state index contributed by atoms with van der Waals surface area (Å²) in [6.45, 7) is 9.49. The van der Waals surface area contributed by atoms with Crippen LogP contribution in [0.4, 0.5) is 0 Å². The molecule has 0 aliphatic carbocycles. The van der Waals surface area contributed by atoms with Crippen molar-refractivity contribution >= 4 is 10.0 Å². The van der Waals surface area contributed by atoms with Gasteiger partial charge in [-0.3, -0.25) is 0 Å². The Labute approximate surface area is 100 Å². The van der Waals surface area contributed by atoms with Crippen molar-refractivity contribution in [2.24, 2.45) is 11.1 Å². The van der Waals surface area contributed by atoms with E-state index in [2.05, 4.69) is 0 Å². The molecular formula is C11H26N2O2S. The zero-order valence-electron chi connectivity index (χ0n) is 11.0. The van der Waals surface area contributed by atoms with Crippen molar-refractivity contribution in [2.75, 3.05) is 25.4 Å². The van der Waals surface area contributed by atoms with Gasteiger partial charge in [-0.05, 0) is 24.8 Å². The Kier molecular flexibility index (Phi) is 6.51. The first kappa shape index (κ1) is 15.9. The number of rotatable bonds is 7. The molecule has 4 nitrogen and oxygen atoms in total. The second kappa shape index (κ2) is 6.57. The van der Waals surface area contributed by atoms with Crippen LogP contribution in [0.3, 0.4) is 0 Å². The molecule has 0 spiro atoms. The Morgan fingerprint density at radius 2 is 1.75 bits per heavy atom. The van der Waals surface area contributed by atoms with Gasteiger partial charge in [0.05, 0.1) is 5.75 Å². The maximum absolute atomic E-state index is 12.1. The molecule has 0 aliphatic rings. The monoisotopic (exact) mass is 250 g/mol. The molecule has 16 heavy (non-hydrogen) atoms. The Morgan fingerprint density at radius 1 is 1.19 bits per heavy atom. The Bertz CT molecular complexity index is 281. The lowest BCUT2D eigenvalue weighted by molar-refractivity contribution is 0.384. The normalized spacial score (nSPS) is 13.4. The quantitative estimate of drug-likeness (QED) is 0.743. The zero-order chi connectivity index (χ0) is 12.8. The van der Waals surface area contributed by atoms with E-state index in [4.69, 9.17) is 5.73 Å². The van der Waals surface area contributed by atoms with Gasteiger partial charge in [-0.15, -0.1) is 0 Å². The molecule has 0 aromatic heterocycles. The predicted molar refractivity (Wildman–Crippen MR) is 68.8 cm³/mol. The lowest BCUT2D eigenvalue weighted by atomic mass is 10.0. The van der Waals surface area contributed by atoms with Gasteiger partial charge >= 0.3 is 0 Å². The Balaban J connectivity index is 4.62. The maximum atomic E-state index is 12.1. The molecule has 0 aromatic rings. The van der Waals surface area contributed by atoms with Crippen LogP contribution in [-0.4, -0.2) is 38.1 Å². The van der Waals surface area contributed by atoms with Crippen molar-refractivity contribution in [3.05, 3.63) is 0 Å². The van der Waals surface area contributed by atoms with Crippen LogP contribution in [0, 0.1) is 5.41 Å². The molecule has 0 amide bonds. The highest BCUT2D eigenvalue weighted by Gasteiger charge is 2.26. The van der Waals surface area contributed by atoms with Crippen molar-refractivity contribution in [3.63, 3.8) is 0 Å². The van der Waals surface area contributed by atoms with Gasteiger partial charge in [0, 0.05) is 13.1 Å². The van der Waals surface area contributed by atoms with Gasteiger partial charge in [-0.25, -0.2) is 12.7 Å². The average molecular weight is 250 g/mol. The smallest absolute Gasteiger partial charge is 0.214 e. The molecular weight excluding hydrogens is 224 g/mol. The van der Waals surface area contributed by atoms with Crippen molar-refractivity contribution in [1.82, 2.24) is 4.31 Å². The first-order chi connectivity index (χ1) is 7.23. The van der Waals surface area contributed by atoms with Gasteiger partial charge < -0.3 is 5.73 Å². The molecule has 0 aromatic carbocycles. The van der Waals surface area contributed by atoms with Gasteiger partial charge in [0.1, 0.15) is 0 Å². The summed E-state index contributed by atoms with van der Waals surface area (Å²) in [6, 6.07) is 0. The summed E-state index contributed by atoms with van der Waals surface area (Å²) in [4.78, 5) is 0. The average Bonchev–Trinajstić information content (AvgIpc) is 2.07. The third-order valence-electron chi connectivity index (χ3n) is 2.09. The van der Waals surface area contributed by atoms with Crippen molar-refractivity contribution in [3.8, 4) is 0 Å². The van der Waals surface area contributed by atoms with Crippen LogP contribution in [0.1, 0.15) is 40.5 Å². The number of sulfonamides is 1. The van der Waals surface area contributed by atoms with Crippen LogP contribution in [0.5, 0.6) is 0 Å². The second-order valence-corrected chi connectivity index (χ2v) is 7.33. The van der Waals surface area contributed by atoms with Gasteiger partial charge in [-0.1, -0.05) is 27.7 Å². The number of nitrogens with zero attached hydrogens (tertiary/aromatic N) is 1. The summed E-state index contributed by atoms with van der Waals surface area (Å²) < 4.78 is 25.8. The van der Waals surface area contributed by atoms with E-state index in [9.17, 15) is 8.42 Å². The molecule has 0 unspecified atom stereocenters. The minimum atomic E-state index is -3.14. The molecule has 2 N–H and O–H groups in total. The third-order valence-corrected chi connectivity index (χ3v) is 4.48. The van der Waals surface area contributed by atoms with E-state index in [1.165, 1.54) is 0 Å². The molecule has 0 heterocycles. The molecule has 0 rings (SSSR count). The summed E-state index contributed by atoms with van der Waals surface area (Å²) in [5, 5.41) is 0. The molecule has 98 valence electrons. The van der Waals surface area contributed by atoms with Crippen molar-refractivity contribution in [1.29, 1.82) is 0 Å². The van der Waals surface area contributed by atoms with E-state index in [1.807, 2.05) is 27.7 Å². The van der Waals surface area contributed by atoms with Crippen LogP contribution in [0.2, 0.25) is 0 Å². The standard InChI is InChI=1S/C11H26N2O2S/c1-5-8-13(9-6-7-12)16(14,15)10-11(2,3)4/h5-10,12H2,1-4H3. The summed E-state index contributed by atoms with van der Waals surface area (Å²) in [7, 11) is -3.14. The van der Waals surface area contributed by atoms with Crippen LogP contribution in [0.25, 0.3) is 0 Å². The number of nitrogens with two attached hydrogens (primary N) is 1. The van der Waals surface area contributed by atoms with Crippen molar-refractivity contribution in [2.45, 2.75) is 40.5 Å². The minimum absolute atomic E-state index is 0.199. The van der Waals surface area contributed by atoms with E-state index in [0.717, 1.165) is 12.8 Å². The zero-order valence-corrected chi connectivity index (χ0v) is 11.8. The van der Waals surface area contributed by atoms with Gasteiger partial charge in [-0.2, -0.15) is 0 Å². The second-order valence-electron chi connectivity index (χ2n) is 5.36. The largest absolute Gasteiger partial charge is 0.330 e. The highest BCUT2D eigenvalue weighted by Crippen LogP contribution is 2.19. The van der Waals surface area contributed by atoms with E-state index >= 15 is 0 Å². The molecule has 0 aliphatic heterocycles. The molecule has 0 saturated heterocycles. The highest BCUT2D eigenvalue weighted by atomic mass is 32.2. The molecule has 0 atom stereocenters. The summed E-state index contributed by atoms with van der Waals surface area (Å²) in [6.07, 6.45) is 1.57. The topological polar surface area (TPSA) is 63.4 Å². The van der Waals surface area contributed by atoms with Crippen LogP contribution in [0.15, 0.2) is 0 Å². The van der Waals surface area contributed by atoms with E-state index in [1.54, 1.807) is 4.31 Å². The van der Waals surface area contributed by atoms with Gasteiger partial charge in [0.15, 0.2) is 0 Å². The van der Waals surface area contributed by atoms with Crippen molar-refractivity contribution < 1.29 is 8.42 Å². The van der Waals surface area contributed by atoms with E-state index in [0.29, 0.717) is 19.6 Å². The third kappa shape index (κ3) is 6.45. The number of hydrogen-bond donors (Lipinski definition) is 1. The fourth-order valence-electron chi connectivity index (χ4n) is 1.55. The van der Waals surface area contributed by atoms with Crippen LogP contribution in [-0.2, 0) is 10.0 Å². The van der Waals surface area contributed by atoms with E-state index in [-0.39, 0.29) is 11.2 Å². The summed E-state index contributed by atoms with van der Waals surface area (Å²) in [5.74, 6) is 0.199. The fourth-order valence-corrected chi connectivity index (χ4v) is 3.69. The lowest BCUT2D eigenvalue weighted by Gasteiger charge is -2.26.